The lowest BCUT2D eigenvalue weighted by Crippen LogP contribution is -2.10. The number of thiocarbonyl (C=S) groups is 1. The van der Waals surface area contributed by atoms with Crippen LogP contribution in [0.4, 0.5) is 5.69 Å². The van der Waals surface area contributed by atoms with Crippen LogP contribution in [-0.4, -0.2) is 4.99 Å². The number of aryl methyl sites for hydroxylation is 2. The highest BCUT2D eigenvalue weighted by Crippen LogP contribution is 2.20. The van der Waals surface area contributed by atoms with Gasteiger partial charge in [-0.25, -0.2) is 0 Å². The van der Waals surface area contributed by atoms with Crippen LogP contribution < -0.4 is 5.32 Å². The van der Waals surface area contributed by atoms with E-state index in [1.165, 1.54) is 36.8 Å². The van der Waals surface area contributed by atoms with Crippen molar-refractivity contribution in [1.82, 2.24) is 0 Å². The van der Waals surface area contributed by atoms with Gasteiger partial charge in [-0.3, -0.25) is 0 Å². The zero-order valence-corrected chi connectivity index (χ0v) is 17.7. The van der Waals surface area contributed by atoms with Crippen LogP contribution in [0.25, 0.3) is 0 Å². The molecule has 0 aromatic heterocycles. The van der Waals surface area contributed by atoms with E-state index in [-0.39, 0.29) is 0 Å². The van der Waals surface area contributed by atoms with Gasteiger partial charge in [0.1, 0.15) is 0 Å². The molecule has 0 saturated carbocycles. The van der Waals surface area contributed by atoms with Gasteiger partial charge in [-0.1, -0.05) is 83.1 Å². The van der Waals surface area contributed by atoms with Crippen LogP contribution in [0.2, 0.25) is 0 Å². The Morgan fingerprint density at radius 3 is 2.54 bits per heavy atom. The topological polar surface area (TPSA) is 12.0 Å². The van der Waals surface area contributed by atoms with E-state index in [0.717, 1.165) is 41.1 Å². The SMILES string of the molecule is C=C/C(=C\CCC)C(=C)CC(=S)Nc1ccc(CCCCCC)c(C)c1. The first kappa shape index (κ1) is 22.4. The second kappa shape index (κ2) is 12.6. The average molecular weight is 370 g/mol. The number of allylic oxidation sites excluding steroid dienone is 3. The highest BCUT2D eigenvalue weighted by atomic mass is 32.1. The molecule has 26 heavy (non-hydrogen) atoms. The third kappa shape index (κ3) is 8.14. The van der Waals surface area contributed by atoms with Crippen LogP contribution in [0, 0.1) is 6.92 Å². The minimum atomic E-state index is 0.661. The summed E-state index contributed by atoms with van der Waals surface area (Å²) in [5.74, 6) is 0. The zero-order valence-electron chi connectivity index (χ0n) is 16.9. The smallest absolute Gasteiger partial charge is 0.0841 e. The first-order chi connectivity index (χ1) is 12.5. The minimum absolute atomic E-state index is 0.661. The molecule has 0 radical (unpaired) electrons. The summed E-state index contributed by atoms with van der Waals surface area (Å²) in [6, 6.07) is 6.57. The average Bonchev–Trinajstić information content (AvgIpc) is 2.60. The Hall–Kier alpha value is -1.67. The predicted molar refractivity (Wildman–Crippen MR) is 122 cm³/mol. The van der Waals surface area contributed by atoms with E-state index in [1.807, 2.05) is 6.08 Å². The van der Waals surface area contributed by atoms with E-state index in [0.29, 0.717) is 6.42 Å². The molecule has 0 aliphatic rings. The van der Waals surface area contributed by atoms with Gasteiger partial charge in [0, 0.05) is 12.1 Å². The molecule has 1 N–H and O–H groups in total. The van der Waals surface area contributed by atoms with Crippen molar-refractivity contribution in [3.05, 3.63) is 65.8 Å². The Morgan fingerprint density at radius 2 is 1.92 bits per heavy atom. The van der Waals surface area contributed by atoms with Crippen LogP contribution >= 0.6 is 12.2 Å². The normalized spacial score (nSPS) is 11.3. The molecule has 1 nitrogen and oxygen atoms in total. The van der Waals surface area contributed by atoms with Crippen molar-refractivity contribution in [2.75, 3.05) is 5.32 Å². The van der Waals surface area contributed by atoms with E-state index in [2.05, 4.69) is 63.5 Å². The number of unbranched alkanes of at least 4 members (excludes halogenated alkanes) is 4. The second-order valence-electron chi connectivity index (χ2n) is 6.93. The van der Waals surface area contributed by atoms with Crippen LogP contribution in [0.5, 0.6) is 0 Å². The first-order valence-electron chi connectivity index (χ1n) is 9.91. The van der Waals surface area contributed by atoms with Gasteiger partial charge in [0.05, 0.1) is 4.99 Å². The van der Waals surface area contributed by atoms with Crippen LogP contribution in [0.15, 0.2) is 54.7 Å². The van der Waals surface area contributed by atoms with Crippen LogP contribution in [-0.2, 0) is 6.42 Å². The van der Waals surface area contributed by atoms with E-state index >= 15 is 0 Å². The molecule has 0 heterocycles. The molecular formula is C24H35NS. The third-order valence-electron chi connectivity index (χ3n) is 4.58. The maximum absolute atomic E-state index is 5.53. The summed E-state index contributed by atoms with van der Waals surface area (Å²) in [6.07, 6.45) is 13.3. The number of nitrogens with one attached hydrogen (secondary N) is 1. The molecule has 0 saturated heterocycles. The molecule has 0 aliphatic heterocycles. The Bertz CT molecular complexity index is 640. The lowest BCUT2D eigenvalue weighted by molar-refractivity contribution is 0.666. The molecule has 0 spiro atoms. The van der Waals surface area contributed by atoms with Gasteiger partial charge in [0.15, 0.2) is 0 Å². The van der Waals surface area contributed by atoms with E-state index in [9.17, 15) is 0 Å². The van der Waals surface area contributed by atoms with Gasteiger partial charge >= 0.3 is 0 Å². The predicted octanol–water partition coefficient (Wildman–Crippen LogP) is 7.72. The molecule has 0 amide bonds. The van der Waals surface area contributed by atoms with Crippen LogP contribution in [0.3, 0.4) is 0 Å². The van der Waals surface area contributed by atoms with Crippen LogP contribution in [0.1, 0.15) is 69.9 Å². The number of rotatable bonds is 12. The maximum atomic E-state index is 5.53. The number of hydrogen-bond donors (Lipinski definition) is 1. The quantitative estimate of drug-likeness (QED) is 0.230. The highest BCUT2D eigenvalue weighted by molar-refractivity contribution is 7.80. The van der Waals surface area contributed by atoms with Crippen molar-refractivity contribution in [3.8, 4) is 0 Å². The van der Waals surface area contributed by atoms with Crippen molar-refractivity contribution in [1.29, 1.82) is 0 Å². The van der Waals surface area contributed by atoms with E-state index in [1.54, 1.807) is 0 Å². The zero-order chi connectivity index (χ0) is 19.4. The van der Waals surface area contributed by atoms with Gasteiger partial charge in [0.25, 0.3) is 0 Å². The Morgan fingerprint density at radius 1 is 1.15 bits per heavy atom. The molecular weight excluding hydrogens is 334 g/mol. The van der Waals surface area contributed by atoms with Gasteiger partial charge in [0.2, 0.25) is 0 Å². The van der Waals surface area contributed by atoms with Crippen molar-refractivity contribution >= 4 is 22.9 Å². The van der Waals surface area contributed by atoms with Gasteiger partial charge in [-0.15, -0.1) is 0 Å². The van der Waals surface area contributed by atoms with Crippen molar-refractivity contribution < 1.29 is 0 Å². The van der Waals surface area contributed by atoms with Crippen molar-refractivity contribution in [2.24, 2.45) is 0 Å². The lowest BCUT2D eigenvalue weighted by Gasteiger charge is -2.13. The summed E-state index contributed by atoms with van der Waals surface area (Å²) in [6.45, 7) is 14.7. The summed E-state index contributed by atoms with van der Waals surface area (Å²) in [4.78, 5) is 0.800. The van der Waals surface area contributed by atoms with Crippen molar-refractivity contribution in [2.45, 2.75) is 72.1 Å². The fourth-order valence-corrected chi connectivity index (χ4v) is 3.26. The first-order valence-corrected chi connectivity index (χ1v) is 10.3. The largest absolute Gasteiger partial charge is 0.350 e. The monoisotopic (exact) mass is 369 g/mol. The maximum Gasteiger partial charge on any atom is 0.0841 e. The number of hydrogen-bond acceptors (Lipinski definition) is 1. The fourth-order valence-electron chi connectivity index (χ4n) is 2.97. The molecule has 0 bridgehead atoms. The molecule has 1 rings (SSSR count). The van der Waals surface area contributed by atoms with Gasteiger partial charge in [-0.05, 0) is 60.6 Å². The molecule has 1 aromatic carbocycles. The summed E-state index contributed by atoms with van der Waals surface area (Å²) in [7, 11) is 0. The number of anilines is 1. The van der Waals surface area contributed by atoms with Gasteiger partial charge < -0.3 is 5.32 Å². The lowest BCUT2D eigenvalue weighted by atomic mass is 10.0. The Labute approximate surface area is 166 Å². The summed E-state index contributed by atoms with van der Waals surface area (Å²) in [5.41, 5.74) is 5.97. The summed E-state index contributed by atoms with van der Waals surface area (Å²) in [5, 5.41) is 3.36. The van der Waals surface area contributed by atoms with Gasteiger partial charge in [-0.2, -0.15) is 0 Å². The Balaban J connectivity index is 2.60. The van der Waals surface area contributed by atoms with E-state index in [4.69, 9.17) is 12.2 Å². The summed E-state index contributed by atoms with van der Waals surface area (Å²) < 4.78 is 0. The third-order valence-corrected chi connectivity index (χ3v) is 4.83. The molecule has 142 valence electrons. The molecule has 0 aliphatic carbocycles. The molecule has 2 heteroatoms. The number of benzene rings is 1. The molecule has 0 unspecified atom stereocenters. The summed E-state index contributed by atoms with van der Waals surface area (Å²) >= 11 is 5.53. The molecule has 0 fully saturated rings. The van der Waals surface area contributed by atoms with Crippen molar-refractivity contribution in [3.63, 3.8) is 0 Å². The molecule has 1 aromatic rings. The minimum Gasteiger partial charge on any atom is -0.350 e. The molecule has 0 atom stereocenters. The fraction of sp³-hybridized carbons (Fsp3) is 0.458. The highest BCUT2D eigenvalue weighted by Gasteiger charge is 2.06. The standard InChI is InChI=1S/C24H35NS/c1-6-9-11-12-14-22-15-16-23(17-19(22)4)25-24(26)18-20(5)21(8-3)13-10-7-2/h8,13,15-17H,3,5-7,9-12,14,18H2,1-2,4H3,(H,25,26)/b21-13+. The Kier molecular flexibility index (Phi) is 10.9. The van der Waals surface area contributed by atoms with E-state index < -0.39 is 0 Å². The second-order valence-corrected chi connectivity index (χ2v) is 7.43.